The first-order valence-corrected chi connectivity index (χ1v) is 3.60. The zero-order valence-corrected chi connectivity index (χ0v) is 4.91. The number of aldehydes is 1. The van der Waals surface area contributed by atoms with Crippen molar-refractivity contribution in [3.63, 3.8) is 0 Å². The number of rotatable bonds is 2. The lowest BCUT2D eigenvalue weighted by atomic mass is 10.1. The molecule has 1 heterocycles. The first-order valence-electron chi connectivity index (χ1n) is 2.45. The van der Waals surface area contributed by atoms with Crippen molar-refractivity contribution in [2.45, 2.75) is 6.42 Å². The van der Waals surface area contributed by atoms with E-state index >= 15 is 0 Å². The Kier molecular flexibility index (Phi) is 1.74. The van der Waals surface area contributed by atoms with Crippen LogP contribution in [0.1, 0.15) is 6.42 Å². The molecule has 1 fully saturated rings. The molecule has 1 aliphatic heterocycles. The summed E-state index contributed by atoms with van der Waals surface area (Å²) in [6.07, 6.45) is 1.80. The third kappa shape index (κ3) is 1.20. The van der Waals surface area contributed by atoms with E-state index in [0.717, 1.165) is 18.6 Å². The van der Waals surface area contributed by atoms with Crippen LogP contribution in [0.15, 0.2) is 0 Å². The maximum absolute atomic E-state index is 9.80. The smallest absolute Gasteiger partial charge is 0.120 e. The maximum Gasteiger partial charge on any atom is 0.120 e. The van der Waals surface area contributed by atoms with Crippen molar-refractivity contribution in [2.75, 3.05) is 11.5 Å². The zero-order chi connectivity index (χ0) is 5.11. The van der Waals surface area contributed by atoms with E-state index in [0.29, 0.717) is 0 Å². The Bertz CT molecular complexity index is 68.5. The molecule has 1 saturated heterocycles. The van der Waals surface area contributed by atoms with Gasteiger partial charge >= 0.3 is 0 Å². The average molecular weight is 116 g/mol. The van der Waals surface area contributed by atoms with Gasteiger partial charge in [0.05, 0.1) is 0 Å². The predicted molar refractivity (Wildman–Crippen MR) is 31.5 cm³/mol. The normalized spacial score (nSPS) is 21.1. The van der Waals surface area contributed by atoms with Gasteiger partial charge in [0.2, 0.25) is 0 Å². The first-order chi connectivity index (χ1) is 3.43. The van der Waals surface area contributed by atoms with E-state index in [4.69, 9.17) is 0 Å². The lowest BCUT2D eigenvalue weighted by Gasteiger charge is -2.21. The van der Waals surface area contributed by atoms with Crippen LogP contribution in [-0.4, -0.2) is 17.8 Å². The number of thioether (sulfide) groups is 1. The van der Waals surface area contributed by atoms with Crippen LogP contribution in [0.4, 0.5) is 0 Å². The molecule has 0 aromatic carbocycles. The van der Waals surface area contributed by atoms with Crippen molar-refractivity contribution in [1.29, 1.82) is 0 Å². The monoisotopic (exact) mass is 116 g/mol. The summed E-state index contributed by atoms with van der Waals surface area (Å²) >= 11 is 1.93. The van der Waals surface area contributed by atoms with Gasteiger partial charge < -0.3 is 4.79 Å². The second kappa shape index (κ2) is 2.36. The molecule has 1 rings (SSSR count). The van der Waals surface area contributed by atoms with Crippen LogP contribution in [0.5, 0.6) is 0 Å². The highest BCUT2D eigenvalue weighted by molar-refractivity contribution is 8.00. The Balaban J connectivity index is 2.03. The summed E-state index contributed by atoms with van der Waals surface area (Å²) in [5, 5.41) is 0. The molecule has 0 radical (unpaired) electrons. The maximum atomic E-state index is 9.80. The molecule has 0 amide bonds. The van der Waals surface area contributed by atoms with Crippen LogP contribution in [0.2, 0.25) is 0 Å². The second-order valence-corrected chi connectivity index (χ2v) is 2.88. The van der Waals surface area contributed by atoms with Crippen molar-refractivity contribution in [2.24, 2.45) is 5.92 Å². The highest BCUT2D eigenvalue weighted by Crippen LogP contribution is 2.25. The molecular weight excluding hydrogens is 108 g/mol. The molecule has 0 spiro atoms. The Labute approximate surface area is 47.5 Å². The van der Waals surface area contributed by atoms with Crippen molar-refractivity contribution >= 4 is 18.0 Å². The van der Waals surface area contributed by atoms with Crippen molar-refractivity contribution < 1.29 is 4.79 Å². The number of hydrogen-bond donors (Lipinski definition) is 0. The van der Waals surface area contributed by atoms with Gasteiger partial charge in [0.1, 0.15) is 6.29 Å². The van der Waals surface area contributed by atoms with Gasteiger partial charge in [-0.05, 0) is 17.4 Å². The van der Waals surface area contributed by atoms with E-state index in [1.165, 1.54) is 11.5 Å². The fourth-order valence-corrected chi connectivity index (χ4v) is 1.40. The molecule has 2 heteroatoms. The Morgan fingerprint density at radius 1 is 1.71 bits per heavy atom. The SMILES string of the molecule is O=CCC1CSC1. The van der Waals surface area contributed by atoms with Gasteiger partial charge in [0.25, 0.3) is 0 Å². The van der Waals surface area contributed by atoms with Crippen LogP contribution >= 0.6 is 11.8 Å². The molecule has 0 atom stereocenters. The molecule has 0 bridgehead atoms. The summed E-state index contributed by atoms with van der Waals surface area (Å²) in [7, 11) is 0. The Hall–Kier alpha value is 0.0200. The Morgan fingerprint density at radius 2 is 2.43 bits per heavy atom. The number of carbonyl (C=O) groups is 1. The summed E-state index contributed by atoms with van der Waals surface area (Å²) in [5.74, 6) is 3.14. The minimum atomic E-state index is 0.725. The molecule has 0 N–H and O–H groups in total. The minimum absolute atomic E-state index is 0.725. The second-order valence-electron chi connectivity index (χ2n) is 1.81. The summed E-state index contributed by atoms with van der Waals surface area (Å²) in [5.41, 5.74) is 0. The van der Waals surface area contributed by atoms with Crippen molar-refractivity contribution in [1.82, 2.24) is 0 Å². The lowest BCUT2D eigenvalue weighted by molar-refractivity contribution is -0.108. The van der Waals surface area contributed by atoms with Crippen molar-refractivity contribution in [3.05, 3.63) is 0 Å². The number of hydrogen-bond acceptors (Lipinski definition) is 2. The standard InChI is InChI=1S/C5H8OS/c6-2-1-5-3-7-4-5/h2,5H,1,3-4H2. The van der Waals surface area contributed by atoms with Gasteiger partial charge in [-0.3, -0.25) is 0 Å². The predicted octanol–water partition coefficient (Wildman–Crippen LogP) is 0.938. The first kappa shape index (κ1) is 5.16. The highest BCUT2D eigenvalue weighted by Gasteiger charge is 2.16. The fraction of sp³-hybridized carbons (Fsp3) is 0.800. The molecule has 1 aliphatic rings. The molecule has 7 heavy (non-hydrogen) atoms. The molecule has 0 aliphatic carbocycles. The third-order valence-corrected chi connectivity index (χ3v) is 2.55. The topological polar surface area (TPSA) is 17.1 Å². The molecule has 40 valence electrons. The van der Waals surface area contributed by atoms with Crippen LogP contribution < -0.4 is 0 Å². The van der Waals surface area contributed by atoms with Gasteiger partial charge in [0, 0.05) is 6.42 Å². The molecule has 0 saturated carbocycles. The van der Waals surface area contributed by atoms with E-state index in [1.54, 1.807) is 0 Å². The Morgan fingerprint density at radius 3 is 2.57 bits per heavy atom. The average Bonchev–Trinajstić information content (AvgIpc) is 1.55. The molecular formula is C5H8OS. The summed E-state index contributed by atoms with van der Waals surface area (Å²) < 4.78 is 0. The number of carbonyl (C=O) groups excluding carboxylic acids is 1. The third-order valence-electron chi connectivity index (χ3n) is 1.14. The quantitative estimate of drug-likeness (QED) is 0.499. The van der Waals surface area contributed by atoms with Crippen LogP contribution in [-0.2, 0) is 4.79 Å². The van der Waals surface area contributed by atoms with Crippen LogP contribution in [0.3, 0.4) is 0 Å². The van der Waals surface area contributed by atoms with Crippen molar-refractivity contribution in [3.8, 4) is 0 Å². The summed E-state index contributed by atoms with van der Waals surface area (Å²) in [6, 6.07) is 0. The largest absolute Gasteiger partial charge is 0.303 e. The molecule has 0 unspecified atom stereocenters. The minimum Gasteiger partial charge on any atom is -0.303 e. The summed E-state index contributed by atoms with van der Waals surface area (Å²) in [6.45, 7) is 0. The lowest BCUT2D eigenvalue weighted by Crippen LogP contribution is -2.17. The highest BCUT2D eigenvalue weighted by atomic mass is 32.2. The fourth-order valence-electron chi connectivity index (χ4n) is 0.557. The van der Waals surface area contributed by atoms with Gasteiger partial charge in [0.15, 0.2) is 0 Å². The van der Waals surface area contributed by atoms with E-state index < -0.39 is 0 Å². The summed E-state index contributed by atoms with van der Waals surface area (Å²) in [4.78, 5) is 9.80. The van der Waals surface area contributed by atoms with Gasteiger partial charge in [-0.15, -0.1) is 0 Å². The zero-order valence-electron chi connectivity index (χ0n) is 4.09. The van der Waals surface area contributed by atoms with Gasteiger partial charge in [-0.2, -0.15) is 11.8 Å². The van der Waals surface area contributed by atoms with Gasteiger partial charge in [-0.25, -0.2) is 0 Å². The molecule has 0 aromatic rings. The van der Waals surface area contributed by atoms with Crippen LogP contribution in [0.25, 0.3) is 0 Å². The van der Waals surface area contributed by atoms with E-state index in [9.17, 15) is 4.79 Å². The van der Waals surface area contributed by atoms with E-state index in [-0.39, 0.29) is 0 Å². The molecule has 0 aromatic heterocycles. The van der Waals surface area contributed by atoms with Gasteiger partial charge in [-0.1, -0.05) is 0 Å². The molecule has 1 nitrogen and oxygen atoms in total. The van der Waals surface area contributed by atoms with Crippen LogP contribution in [0, 0.1) is 5.92 Å². The van der Waals surface area contributed by atoms with E-state index in [1.807, 2.05) is 11.8 Å². The van der Waals surface area contributed by atoms with E-state index in [2.05, 4.69) is 0 Å².